The zero-order valence-electron chi connectivity index (χ0n) is 9.58. The molecule has 2 heterocycles. The molecule has 17 heavy (non-hydrogen) atoms. The first-order valence-corrected chi connectivity index (χ1v) is 6.58. The lowest BCUT2D eigenvalue weighted by Crippen LogP contribution is -2.16. The second-order valence-corrected chi connectivity index (χ2v) is 5.10. The molecule has 0 saturated carbocycles. The molecule has 1 aliphatic rings. The predicted molar refractivity (Wildman–Crippen MR) is 73.2 cm³/mol. The number of rotatable bonds is 2. The topological polar surface area (TPSA) is 14.2 Å². The van der Waals surface area contributed by atoms with Crippen molar-refractivity contribution in [3.05, 3.63) is 46.6 Å². The van der Waals surface area contributed by atoms with Crippen LogP contribution in [-0.2, 0) is 24.3 Å². The highest BCUT2D eigenvalue weighted by Crippen LogP contribution is 2.33. The Hall–Kier alpha value is -1.06. The third-order valence-corrected chi connectivity index (χ3v) is 4.13. The summed E-state index contributed by atoms with van der Waals surface area (Å²) in [5, 5.41) is 1.28. The first-order chi connectivity index (χ1) is 8.31. The SMILES string of the molecule is C=CCc1ccc2c(Br)c3n(c2c1)CCOC3. The number of fused-ring (bicyclic) bond motifs is 3. The minimum absolute atomic E-state index is 0.700. The maximum atomic E-state index is 5.52. The van der Waals surface area contributed by atoms with Gasteiger partial charge < -0.3 is 9.30 Å². The predicted octanol–water partition coefficient (Wildman–Crippen LogP) is 3.66. The van der Waals surface area contributed by atoms with Crippen molar-refractivity contribution in [3.63, 3.8) is 0 Å². The van der Waals surface area contributed by atoms with Crippen molar-refractivity contribution in [2.75, 3.05) is 6.61 Å². The number of ether oxygens (including phenoxy) is 1. The highest BCUT2D eigenvalue weighted by molar-refractivity contribution is 9.10. The minimum Gasteiger partial charge on any atom is -0.373 e. The zero-order valence-corrected chi connectivity index (χ0v) is 11.2. The van der Waals surface area contributed by atoms with Crippen LogP contribution in [0.4, 0.5) is 0 Å². The molecule has 0 unspecified atom stereocenters. The summed E-state index contributed by atoms with van der Waals surface area (Å²) in [5.74, 6) is 0. The van der Waals surface area contributed by atoms with Crippen molar-refractivity contribution in [2.24, 2.45) is 0 Å². The molecule has 0 atom stereocenters. The van der Waals surface area contributed by atoms with Gasteiger partial charge in [0.25, 0.3) is 0 Å². The van der Waals surface area contributed by atoms with Crippen LogP contribution in [0.25, 0.3) is 10.9 Å². The lowest BCUT2D eigenvalue weighted by molar-refractivity contribution is 0.0859. The van der Waals surface area contributed by atoms with Crippen molar-refractivity contribution < 1.29 is 4.74 Å². The molecule has 88 valence electrons. The van der Waals surface area contributed by atoms with Crippen molar-refractivity contribution in [3.8, 4) is 0 Å². The molecule has 0 spiro atoms. The van der Waals surface area contributed by atoms with E-state index >= 15 is 0 Å². The maximum Gasteiger partial charge on any atom is 0.0880 e. The second kappa shape index (κ2) is 4.31. The molecule has 1 aromatic carbocycles. The van der Waals surface area contributed by atoms with Gasteiger partial charge in [-0.2, -0.15) is 0 Å². The van der Waals surface area contributed by atoms with Crippen LogP contribution in [0.3, 0.4) is 0 Å². The van der Waals surface area contributed by atoms with Crippen molar-refractivity contribution in [2.45, 2.75) is 19.6 Å². The fraction of sp³-hybridized carbons (Fsp3) is 0.286. The van der Waals surface area contributed by atoms with Gasteiger partial charge in [0.05, 0.1) is 18.9 Å². The lowest BCUT2D eigenvalue weighted by atomic mass is 10.1. The normalized spacial score (nSPS) is 14.9. The number of halogens is 1. The Bertz CT molecular complexity index is 585. The summed E-state index contributed by atoms with van der Waals surface area (Å²) in [7, 11) is 0. The first-order valence-electron chi connectivity index (χ1n) is 5.79. The van der Waals surface area contributed by atoms with Gasteiger partial charge in [-0.05, 0) is 34.0 Å². The minimum atomic E-state index is 0.700. The van der Waals surface area contributed by atoms with Crippen LogP contribution in [0.15, 0.2) is 35.3 Å². The second-order valence-electron chi connectivity index (χ2n) is 4.31. The molecular weight excluding hydrogens is 278 g/mol. The van der Waals surface area contributed by atoms with E-state index in [0.717, 1.165) is 19.6 Å². The average Bonchev–Trinajstić information content (AvgIpc) is 2.65. The zero-order chi connectivity index (χ0) is 11.8. The Balaban J connectivity index is 2.24. The molecule has 2 aromatic rings. The number of hydrogen-bond acceptors (Lipinski definition) is 1. The molecule has 0 bridgehead atoms. The van der Waals surface area contributed by atoms with Crippen molar-refractivity contribution in [1.29, 1.82) is 0 Å². The number of nitrogens with zero attached hydrogens (tertiary/aromatic N) is 1. The van der Waals surface area contributed by atoms with Gasteiger partial charge in [0.1, 0.15) is 0 Å². The summed E-state index contributed by atoms with van der Waals surface area (Å²) >= 11 is 3.68. The largest absolute Gasteiger partial charge is 0.373 e. The van der Waals surface area contributed by atoms with E-state index in [1.54, 1.807) is 0 Å². The Morgan fingerprint density at radius 1 is 1.47 bits per heavy atom. The van der Waals surface area contributed by atoms with E-state index in [9.17, 15) is 0 Å². The van der Waals surface area contributed by atoms with Crippen LogP contribution < -0.4 is 0 Å². The Labute approximate surface area is 109 Å². The third kappa shape index (κ3) is 1.74. The Morgan fingerprint density at radius 3 is 3.18 bits per heavy atom. The monoisotopic (exact) mass is 291 g/mol. The van der Waals surface area contributed by atoms with E-state index < -0.39 is 0 Å². The van der Waals surface area contributed by atoms with Crippen LogP contribution in [0, 0.1) is 0 Å². The van der Waals surface area contributed by atoms with E-state index in [1.807, 2.05) is 6.08 Å². The van der Waals surface area contributed by atoms with Gasteiger partial charge in [0.15, 0.2) is 0 Å². The Morgan fingerprint density at radius 2 is 2.35 bits per heavy atom. The van der Waals surface area contributed by atoms with Gasteiger partial charge in [0, 0.05) is 21.9 Å². The molecule has 0 amide bonds. The lowest BCUT2D eigenvalue weighted by Gasteiger charge is -2.17. The molecule has 0 fully saturated rings. The summed E-state index contributed by atoms with van der Waals surface area (Å²) in [6.45, 7) is 6.23. The van der Waals surface area contributed by atoms with E-state index in [-0.39, 0.29) is 0 Å². The molecule has 2 nitrogen and oxygen atoms in total. The highest BCUT2D eigenvalue weighted by atomic mass is 79.9. The molecule has 0 radical (unpaired) electrons. The van der Waals surface area contributed by atoms with E-state index in [0.29, 0.717) is 6.61 Å². The average molecular weight is 292 g/mol. The van der Waals surface area contributed by atoms with Gasteiger partial charge in [-0.1, -0.05) is 18.2 Å². The van der Waals surface area contributed by atoms with Gasteiger partial charge in [-0.3, -0.25) is 0 Å². The molecule has 3 rings (SSSR count). The van der Waals surface area contributed by atoms with Gasteiger partial charge in [0.2, 0.25) is 0 Å². The van der Waals surface area contributed by atoms with Gasteiger partial charge in [-0.25, -0.2) is 0 Å². The van der Waals surface area contributed by atoms with E-state index in [2.05, 4.69) is 45.3 Å². The van der Waals surface area contributed by atoms with Crippen LogP contribution >= 0.6 is 15.9 Å². The van der Waals surface area contributed by atoms with Gasteiger partial charge >= 0.3 is 0 Å². The molecular formula is C14H14BrNO. The fourth-order valence-corrected chi connectivity index (χ4v) is 3.08. The summed E-state index contributed by atoms with van der Waals surface area (Å²) in [6.07, 6.45) is 2.87. The number of hydrogen-bond donors (Lipinski definition) is 0. The summed E-state index contributed by atoms with van der Waals surface area (Å²) < 4.78 is 9.05. The van der Waals surface area contributed by atoms with Crippen molar-refractivity contribution in [1.82, 2.24) is 4.57 Å². The molecule has 0 N–H and O–H groups in total. The van der Waals surface area contributed by atoms with Crippen LogP contribution in [0.2, 0.25) is 0 Å². The molecule has 0 aliphatic carbocycles. The van der Waals surface area contributed by atoms with Crippen LogP contribution in [0.5, 0.6) is 0 Å². The van der Waals surface area contributed by atoms with Gasteiger partial charge in [-0.15, -0.1) is 6.58 Å². The summed E-state index contributed by atoms with van der Waals surface area (Å²) in [5.41, 5.74) is 3.86. The molecule has 0 saturated heterocycles. The molecule has 1 aliphatic heterocycles. The number of aromatic nitrogens is 1. The Kier molecular flexibility index (Phi) is 2.81. The number of benzene rings is 1. The first kappa shape index (κ1) is 11.1. The summed E-state index contributed by atoms with van der Waals surface area (Å²) in [6, 6.07) is 6.61. The quantitative estimate of drug-likeness (QED) is 0.770. The highest BCUT2D eigenvalue weighted by Gasteiger charge is 2.18. The van der Waals surface area contributed by atoms with E-state index in [4.69, 9.17) is 4.74 Å². The fourth-order valence-electron chi connectivity index (χ4n) is 2.42. The third-order valence-electron chi connectivity index (χ3n) is 3.25. The molecule has 1 aromatic heterocycles. The standard InChI is InChI=1S/C14H14BrNO/c1-2-3-10-4-5-11-12(8-10)16-6-7-17-9-13(16)14(11)15/h2,4-5,8H,1,3,6-7,9H2. The summed E-state index contributed by atoms with van der Waals surface area (Å²) in [4.78, 5) is 0. The molecule has 3 heteroatoms. The van der Waals surface area contributed by atoms with Crippen molar-refractivity contribution >= 4 is 26.8 Å². The van der Waals surface area contributed by atoms with E-state index in [1.165, 1.54) is 26.6 Å². The number of allylic oxidation sites excluding steroid dienone is 1. The van der Waals surface area contributed by atoms with Crippen LogP contribution in [0.1, 0.15) is 11.3 Å². The smallest absolute Gasteiger partial charge is 0.0880 e. The van der Waals surface area contributed by atoms with Crippen LogP contribution in [-0.4, -0.2) is 11.2 Å². The maximum absolute atomic E-state index is 5.52.